The Labute approximate surface area is 117 Å². The van der Waals surface area contributed by atoms with Crippen molar-refractivity contribution in [2.45, 2.75) is 47.5 Å². The molecule has 0 aliphatic rings. The molecule has 3 nitrogen and oxygen atoms in total. The quantitative estimate of drug-likeness (QED) is 0.691. The Morgan fingerprint density at radius 1 is 0.812 bits per heavy atom. The molecule has 0 aliphatic carbocycles. The van der Waals surface area contributed by atoms with E-state index in [4.69, 9.17) is 17.2 Å². The van der Waals surface area contributed by atoms with E-state index in [0.29, 0.717) is 5.92 Å². The summed E-state index contributed by atoms with van der Waals surface area (Å²) >= 11 is 0. The van der Waals surface area contributed by atoms with Gasteiger partial charge in [0.15, 0.2) is 0 Å². The average Bonchev–Trinajstić information content (AvgIpc) is 2.19. The number of nitrogens with two attached hydrogens (primary N) is 3. The monoisotopic (exact) mass is 325 g/mol. The SMILES string of the molecule is CC(C)CCN.CC(C)CN.CCCN.[Pd]. The van der Waals surface area contributed by atoms with Crippen molar-refractivity contribution in [2.24, 2.45) is 29.0 Å². The summed E-state index contributed by atoms with van der Waals surface area (Å²) in [4.78, 5) is 0. The van der Waals surface area contributed by atoms with E-state index >= 15 is 0 Å². The first-order valence-corrected chi connectivity index (χ1v) is 6.06. The van der Waals surface area contributed by atoms with Crippen LogP contribution in [0.5, 0.6) is 0 Å². The molecule has 0 fully saturated rings. The minimum Gasteiger partial charge on any atom is -0.330 e. The number of hydrogen-bond donors (Lipinski definition) is 3. The largest absolute Gasteiger partial charge is 0.330 e. The minimum atomic E-state index is 0. The van der Waals surface area contributed by atoms with Crippen LogP contribution >= 0.6 is 0 Å². The summed E-state index contributed by atoms with van der Waals surface area (Å²) in [7, 11) is 0. The normalized spacial score (nSPS) is 8.62. The summed E-state index contributed by atoms with van der Waals surface area (Å²) in [5, 5.41) is 0. The van der Waals surface area contributed by atoms with Crippen molar-refractivity contribution in [3.05, 3.63) is 0 Å². The molecule has 0 saturated heterocycles. The van der Waals surface area contributed by atoms with Gasteiger partial charge in [-0.2, -0.15) is 0 Å². The molecule has 0 aromatic rings. The predicted octanol–water partition coefficient (Wildman–Crippen LogP) is 1.94. The van der Waals surface area contributed by atoms with E-state index < -0.39 is 0 Å². The first-order chi connectivity index (χ1) is 6.95. The second kappa shape index (κ2) is 24.7. The van der Waals surface area contributed by atoms with Crippen molar-refractivity contribution in [3.8, 4) is 0 Å². The van der Waals surface area contributed by atoms with E-state index in [9.17, 15) is 0 Å². The summed E-state index contributed by atoms with van der Waals surface area (Å²) in [5.74, 6) is 1.44. The Kier molecular flexibility index (Phi) is 39.2. The fourth-order valence-electron chi connectivity index (χ4n) is 0.333. The summed E-state index contributed by atoms with van der Waals surface area (Å²) < 4.78 is 0. The van der Waals surface area contributed by atoms with Gasteiger partial charge in [-0.15, -0.1) is 0 Å². The van der Waals surface area contributed by atoms with E-state index in [2.05, 4.69) is 34.6 Å². The fourth-order valence-corrected chi connectivity index (χ4v) is 0.333. The first-order valence-electron chi connectivity index (χ1n) is 6.06. The van der Waals surface area contributed by atoms with Crippen LogP contribution in [0.25, 0.3) is 0 Å². The molecule has 0 spiro atoms. The van der Waals surface area contributed by atoms with Crippen LogP contribution in [0.3, 0.4) is 0 Å². The zero-order chi connectivity index (χ0) is 12.7. The molecule has 0 unspecified atom stereocenters. The molecular weight excluding hydrogens is 293 g/mol. The van der Waals surface area contributed by atoms with Gasteiger partial charge in [-0.1, -0.05) is 34.6 Å². The topological polar surface area (TPSA) is 78.1 Å². The second-order valence-corrected chi connectivity index (χ2v) is 4.39. The maximum atomic E-state index is 5.23. The Morgan fingerprint density at radius 3 is 1.12 bits per heavy atom. The number of rotatable bonds is 4. The fraction of sp³-hybridized carbons (Fsp3) is 1.00. The van der Waals surface area contributed by atoms with E-state index in [-0.39, 0.29) is 20.4 Å². The van der Waals surface area contributed by atoms with Crippen molar-refractivity contribution in [1.29, 1.82) is 0 Å². The van der Waals surface area contributed by atoms with E-state index in [1.54, 1.807) is 0 Å². The molecule has 0 rings (SSSR count). The van der Waals surface area contributed by atoms with Gasteiger partial charge in [0.1, 0.15) is 0 Å². The predicted molar refractivity (Wildman–Crippen MR) is 71.7 cm³/mol. The summed E-state index contributed by atoms with van der Waals surface area (Å²) in [6.45, 7) is 13.1. The van der Waals surface area contributed by atoms with Gasteiger partial charge in [0.05, 0.1) is 0 Å². The van der Waals surface area contributed by atoms with Gasteiger partial charge >= 0.3 is 0 Å². The Hall–Kier alpha value is 0.542. The molecule has 16 heavy (non-hydrogen) atoms. The van der Waals surface area contributed by atoms with Crippen LogP contribution in [0.4, 0.5) is 0 Å². The average molecular weight is 326 g/mol. The van der Waals surface area contributed by atoms with Gasteiger partial charge in [-0.3, -0.25) is 0 Å². The van der Waals surface area contributed by atoms with Crippen LogP contribution < -0.4 is 17.2 Å². The van der Waals surface area contributed by atoms with Crippen molar-refractivity contribution in [1.82, 2.24) is 0 Å². The molecule has 0 saturated carbocycles. The van der Waals surface area contributed by atoms with Crippen LogP contribution in [0.15, 0.2) is 0 Å². The van der Waals surface area contributed by atoms with Crippen LogP contribution in [0.2, 0.25) is 0 Å². The Bertz CT molecular complexity index is 86.3. The van der Waals surface area contributed by atoms with E-state index in [1.165, 1.54) is 0 Å². The van der Waals surface area contributed by atoms with E-state index in [1.807, 2.05) is 0 Å². The third-order valence-corrected chi connectivity index (χ3v) is 1.50. The van der Waals surface area contributed by atoms with Crippen molar-refractivity contribution in [3.63, 3.8) is 0 Å². The first kappa shape index (κ1) is 25.4. The third kappa shape index (κ3) is 62.3. The minimum absolute atomic E-state index is 0. The molecule has 6 N–H and O–H groups in total. The molecule has 0 bridgehead atoms. The maximum Gasteiger partial charge on any atom is 0 e. The Balaban J connectivity index is -0.0000000668. The molecule has 0 heterocycles. The molecular formula is C12H33N3Pd. The van der Waals surface area contributed by atoms with Gasteiger partial charge in [0, 0.05) is 20.4 Å². The number of hydrogen-bond acceptors (Lipinski definition) is 3. The van der Waals surface area contributed by atoms with Crippen molar-refractivity contribution < 1.29 is 20.4 Å². The van der Waals surface area contributed by atoms with Crippen molar-refractivity contribution in [2.75, 3.05) is 19.6 Å². The summed E-state index contributed by atoms with van der Waals surface area (Å²) in [5.41, 5.74) is 15.4. The van der Waals surface area contributed by atoms with Gasteiger partial charge in [0.25, 0.3) is 0 Å². The van der Waals surface area contributed by atoms with Crippen molar-refractivity contribution >= 4 is 0 Å². The van der Waals surface area contributed by atoms with E-state index in [0.717, 1.165) is 38.4 Å². The molecule has 0 aliphatic heterocycles. The smallest absolute Gasteiger partial charge is 0 e. The molecule has 0 amide bonds. The van der Waals surface area contributed by atoms with Crippen LogP contribution in [0.1, 0.15) is 47.5 Å². The molecule has 0 radical (unpaired) electrons. The zero-order valence-electron chi connectivity index (χ0n) is 11.7. The van der Waals surface area contributed by atoms with Gasteiger partial charge in [-0.25, -0.2) is 0 Å². The van der Waals surface area contributed by atoms with Crippen LogP contribution in [0, 0.1) is 11.8 Å². The van der Waals surface area contributed by atoms with Gasteiger partial charge in [-0.05, 0) is 44.3 Å². The molecule has 4 heteroatoms. The third-order valence-electron chi connectivity index (χ3n) is 1.50. The van der Waals surface area contributed by atoms with Gasteiger partial charge < -0.3 is 17.2 Å². The van der Waals surface area contributed by atoms with Gasteiger partial charge in [0.2, 0.25) is 0 Å². The summed E-state index contributed by atoms with van der Waals surface area (Å²) in [6, 6.07) is 0. The molecule has 0 aromatic heterocycles. The second-order valence-electron chi connectivity index (χ2n) is 4.39. The molecule has 106 valence electrons. The maximum absolute atomic E-state index is 5.23. The van der Waals surface area contributed by atoms with Crippen LogP contribution in [-0.4, -0.2) is 19.6 Å². The zero-order valence-corrected chi connectivity index (χ0v) is 13.3. The van der Waals surface area contributed by atoms with Crippen LogP contribution in [-0.2, 0) is 20.4 Å². The molecule has 0 atom stereocenters. The standard InChI is InChI=1S/C5H13N.C4H11N.C3H9N.Pd/c1-5(2)3-4-6;1-4(2)3-5;1-2-3-4;/h5H,3-4,6H2,1-2H3;4H,3,5H2,1-2H3;2-4H2,1H3;. The Morgan fingerprint density at radius 2 is 1.12 bits per heavy atom. The summed E-state index contributed by atoms with van der Waals surface area (Å²) in [6.07, 6.45) is 2.25. The molecule has 0 aromatic carbocycles.